The van der Waals surface area contributed by atoms with Crippen LogP contribution in [0.15, 0.2) is 73.4 Å². The number of benzene rings is 1. The Labute approximate surface area is 219 Å². The number of piperazine rings is 1. The molecule has 5 heterocycles. The van der Waals surface area contributed by atoms with Crippen LogP contribution in [0.1, 0.15) is 0 Å². The molecular formula is C28H25ClFN7. The first-order valence-electron chi connectivity index (χ1n) is 12.3. The number of fused-ring (bicyclic) bond motifs is 1. The Kier molecular flexibility index (Phi) is 6.61. The molecule has 186 valence electrons. The number of nitrogens with one attached hydrogen (secondary N) is 1. The number of nitrogens with zero attached hydrogens (tertiary/aromatic N) is 6. The molecule has 1 aromatic carbocycles. The molecule has 1 aliphatic rings. The van der Waals surface area contributed by atoms with Crippen molar-refractivity contribution in [2.75, 3.05) is 32.7 Å². The molecule has 1 fully saturated rings. The standard InChI is InChI=1S/C28H25ClFN7/c29-22-3-4-26(30)25(13-22)27-14-24(23-2-1-5-33-28(23)35-27)20-12-19(15-32-16-20)21-17-34-37(18-21)11-10-36-8-6-31-7-9-36/h1-5,12-18,31H,6-11H2. The van der Waals surface area contributed by atoms with Crippen molar-refractivity contribution in [3.8, 4) is 33.5 Å². The highest BCUT2D eigenvalue weighted by molar-refractivity contribution is 6.30. The van der Waals surface area contributed by atoms with Gasteiger partial charge in [-0.15, -0.1) is 0 Å². The summed E-state index contributed by atoms with van der Waals surface area (Å²) in [7, 11) is 0. The van der Waals surface area contributed by atoms with Gasteiger partial charge in [-0.1, -0.05) is 11.6 Å². The highest BCUT2D eigenvalue weighted by atomic mass is 35.5. The first kappa shape index (κ1) is 23.7. The van der Waals surface area contributed by atoms with Gasteiger partial charge in [0.25, 0.3) is 0 Å². The predicted molar refractivity (Wildman–Crippen MR) is 144 cm³/mol. The van der Waals surface area contributed by atoms with E-state index in [1.54, 1.807) is 18.5 Å². The van der Waals surface area contributed by atoms with E-state index in [1.807, 2.05) is 35.3 Å². The minimum absolute atomic E-state index is 0.330. The summed E-state index contributed by atoms with van der Waals surface area (Å²) in [4.78, 5) is 16.0. The molecule has 9 heteroatoms. The average molecular weight is 514 g/mol. The molecule has 1 N–H and O–H groups in total. The molecule has 7 nitrogen and oxygen atoms in total. The molecule has 4 aromatic heterocycles. The van der Waals surface area contributed by atoms with Crippen LogP contribution in [0.4, 0.5) is 4.39 Å². The third kappa shape index (κ3) is 5.09. The second-order valence-corrected chi connectivity index (χ2v) is 9.54. The van der Waals surface area contributed by atoms with Gasteiger partial charge in [-0.05, 0) is 48.0 Å². The zero-order valence-electron chi connectivity index (χ0n) is 20.1. The lowest BCUT2D eigenvalue weighted by Crippen LogP contribution is -2.44. The Morgan fingerprint density at radius 2 is 1.78 bits per heavy atom. The van der Waals surface area contributed by atoms with E-state index in [2.05, 4.69) is 42.5 Å². The van der Waals surface area contributed by atoms with E-state index >= 15 is 0 Å². The molecule has 0 amide bonds. The van der Waals surface area contributed by atoms with Crippen LogP contribution in [0.25, 0.3) is 44.5 Å². The van der Waals surface area contributed by atoms with E-state index in [1.165, 1.54) is 12.1 Å². The summed E-state index contributed by atoms with van der Waals surface area (Å²) in [5, 5.41) is 9.26. The molecule has 5 aromatic rings. The lowest BCUT2D eigenvalue weighted by molar-refractivity contribution is 0.229. The van der Waals surface area contributed by atoms with Crippen molar-refractivity contribution in [2.45, 2.75) is 6.54 Å². The van der Waals surface area contributed by atoms with E-state index in [0.29, 0.717) is 21.9 Å². The summed E-state index contributed by atoms with van der Waals surface area (Å²) in [6, 6.07) is 12.2. The van der Waals surface area contributed by atoms with Gasteiger partial charge in [-0.2, -0.15) is 5.10 Å². The van der Waals surface area contributed by atoms with Gasteiger partial charge in [0.2, 0.25) is 0 Å². The first-order chi connectivity index (χ1) is 18.1. The topological polar surface area (TPSA) is 71.8 Å². The molecule has 1 aliphatic heterocycles. The first-order valence-corrected chi connectivity index (χ1v) is 12.6. The average Bonchev–Trinajstić information content (AvgIpc) is 3.42. The van der Waals surface area contributed by atoms with E-state index < -0.39 is 5.82 Å². The highest BCUT2D eigenvalue weighted by Gasteiger charge is 2.15. The fourth-order valence-corrected chi connectivity index (χ4v) is 4.86. The summed E-state index contributed by atoms with van der Waals surface area (Å²) < 4.78 is 16.7. The monoisotopic (exact) mass is 513 g/mol. The molecule has 6 rings (SSSR count). The highest BCUT2D eigenvalue weighted by Crippen LogP contribution is 2.34. The van der Waals surface area contributed by atoms with Crippen molar-refractivity contribution in [3.63, 3.8) is 0 Å². The van der Waals surface area contributed by atoms with Crippen molar-refractivity contribution >= 4 is 22.6 Å². The van der Waals surface area contributed by atoms with Gasteiger partial charge < -0.3 is 5.32 Å². The van der Waals surface area contributed by atoms with Crippen LogP contribution >= 0.6 is 11.6 Å². The maximum Gasteiger partial charge on any atom is 0.160 e. The second kappa shape index (κ2) is 10.3. The molecular weight excluding hydrogens is 489 g/mol. The zero-order chi connectivity index (χ0) is 25.2. The number of rotatable bonds is 6. The summed E-state index contributed by atoms with van der Waals surface area (Å²) in [5.74, 6) is -0.391. The summed E-state index contributed by atoms with van der Waals surface area (Å²) in [6.07, 6.45) is 9.25. The SMILES string of the molecule is Fc1ccc(Cl)cc1-c1cc(-c2cncc(-c3cnn(CCN4CCNCC4)c3)c2)c2cccnc2n1. The molecule has 0 spiro atoms. The number of hydrogen-bond donors (Lipinski definition) is 1. The van der Waals surface area contributed by atoms with Crippen molar-refractivity contribution in [1.82, 2.24) is 34.9 Å². The van der Waals surface area contributed by atoms with Crippen molar-refractivity contribution in [1.29, 1.82) is 0 Å². The van der Waals surface area contributed by atoms with Gasteiger partial charge in [0.1, 0.15) is 5.82 Å². The van der Waals surface area contributed by atoms with Gasteiger partial charge in [-0.25, -0.2) is 14.4 Å². The van der Waals surface area contributed by atoms with Crippen molar-refractivity contribution in [3.05, 3.63) is 84.3 Å². The van der Waals surface area contributed by atoms with Crippen LogP contribution in [0.3, 0.4) is 0 Å². The van der Waals surface area contributed by atoms with Gasteiger partial charge >= 0.3 is 0 Å². The lowest BCUT2D eigenvalue weighted by Gasteiger charge is -2.26. The third-order valence-electron chi connectivity index (χ3n) is 6.66. The largest absolute Gasteiger partial charge is 0.314 e. The van der Waals surface area contributed by atoms with Gasteiger partial charge in [0.15, 0.2) is 5.65 Å². The van der Waals surface area contributed by atoms with Crippen molar-refractivity contribution in [2.24, 2.45) is 0 Å². The Bertz CT molecular complexity index is 1560. The molecule has 0 radical (unpaired) electrons. The van der Waals surface area contributed by atoms with Crippen LogP contribution in [0.2, 0.25) is 5.02 Å². The van der Waals surface area contributed by atoms with Gasteiger partial charge in [0, 0.05) is 90.2 Å². The Morgan fingerprint density at radius 1 is 0.919 bits per heavy atom. The minimum Gasteiger partial charge on any atom is -0.314 e. The molecule has 0 atom stereocenters. The summed E-state index contributed by atoms with van der Waals surface area (Å²) in [5.41, 5.74) is 5.02. The summed E-state index contributed by atoms with van der Waals surface area (Å²) in [6.45, 7) is 6.01. The second-order valence-electron chi connectivity index (χ2n) is 9.10. The number of halogens is 2. The Balaban J connectivity index is 1.34. The van der Waals surface area contributed by atoms with E-state index in [9.17, 15) is 4.39 Å². The van der Waals surface area contributed by atoms with Crippen LogP contribution in [0.5, 0.6) is 0 Å². The smallest absolute Gasteiger partial charge is 0.160 e. The Hall–Kier alpha value is -3.72. The molecule has 0 bridgehead atoms. The zero-order valence-corrected chi connectivity index (χ0v) is 20.9. The molecule has 37 heavy (non-hydrogen) atoms. The Morgan fingerprint density at radius 3 is 2.68 bits per heavy atom. The maximum atomic E-state index is 14.7. The summed E-state index contributed by atoms with van der Waals surface area (Å²) >= 11 is 6.17. The van der Waals surface area contributed by atoms with E-state index in [-0.39, 0.29) is 0 Å². The number of pyridine rings is 3. The van der Waals surface area contributed by atoms with Crippen LogP contribution in [-0.4, -0.2) is 62.4 Å². The van der Waals surface area contributed by atoms with E-state index in [4.69, 9.17) is 11.6 Å². The maximum absolute atomic E-state index is 14.7. The quantitative estimate of drug-likeness (QED) is 0.347. The third-order valence-corrected chi connectivity index (χ3v) is 6.89. The van der Waals surface area contributed by atoms with Crippen LogP contribution in [-0.2, 0) is 6.54 Å². The fourth-order valence-electron chi connectivity index (χ4n) is 4.69. The lowest BCUT2D eigenvalue weighted by atomic mass is 9.99. The van der Waals surface area contributed by atoms with Crippen molar-refractivity contribution < 1.29 is 4.39 Å². The van der Waals surface area contributed by atoms with Gasteiger partial charge in [0.05, 0.1) is 18.4 Å². The van der Waals surface area contributed by atoms with Crippen LogP contribution < -0.4 is 5.32 Å². The normalized spacial score (nSPS) is 14.3. The molecule has 0 unspecified atom stereocenters. The fraction of sp³-hybridized carbons (Fsp3) is 0.214. The minimum atomic E-state index is -0.391. The number of aromatic nitrogens is 5. The molecule has 0 saturated carbocycles. The van der Waals surface area contributed by atoms with Crippen LogP contribution in [0, 0.1) is 5.82 Å². The van der Waals surface area contributed by atoms with E-state index in [0.717, 1.165) is 66.9 Å². The molecule has 0 aliphatic carbocycles. The van der Waals surface area contributed by atoms with Gasteiger partial charge in [-0.3, -0.25) is 14.6 Å². The molecule has 1 saturated heterocycles. The predicted octanol–water partition coefficient (Wildman–Crippen LogP) is 4.92. The number of hydrogen-bond acceptors (Lipinski definition) is 6.